The molecule has 1 fully saturated rings. The third-order valence-electron chi connectivity index (χ3n) is 3.36. The van der Waals surface area contributed by atoms with Crippen molar-refractivity contribution in [3.8, 4) is 5.75 Å². The van der Waals surface area contributed by atoms with E-state index < -0.39 is 0 Å². The van der Waals surface area contributed by atoms with E-state index in [2.05, 4.69) is 20.2 Å². The summed E-state index contributed by atoms with van der Waals surface area (Å²) in [5, 5.41) is 3.00. The van der Waals surface area contributed by atoms with Gasteiger partial charge in [0.2, 0.25) is 5.91 Å². The smallest absolute Gasteiger partial charge is 0.222 e. The number of piperidine rings is 1. The predicted molar refractivity (Wildman–Crippen MR) is 72.6 cm³/mol. The lowest BCUT2D eigenvalue weighted by Crippen LogP contribution is -2.40. The summed E-state index contributed by atoms with van der Waals surface area (Å²) in [6, 6.07) is 0. The Kier molecular flexibility index (Phi) is 4.42. The Morgan fingerprint density at radius 2 is 2.16 bits per heavy atom. The third kappa shape index (κ3) is 2.89. The molecule has 1 aliphatic heterocycles. The molecule has 6 nitrogen and oxygen atoms in total. The highest BCUT2D eigenvalue weighted by Crippen LogP contribution is 2.33. The minimum absolute atomic E-state index is 0.0737. The normalized spacial score (nSPS) is 16.3. The van der Waals surface area contributed by atoms with E-state index in [-0.39, 0.29) is 11.8 Å². The van der Waals surface area contributed by atoms with Gasteiger partial charge in [0.15, 0.2) is 16.7 Å². The van der Waals surface area contributed by atoms with Gasteiger partial charge in [0.05, 0.1) is 7.11 Å². The molecule has 1 aromatic heterocycles. The van der Waals surface area contributed by atoms with Crippen LogP contribution in [0.15, 0.2) is 6.33 Å². The molecule has 0 unspecified atom stereocenters. The van der Waals surface area contributed by atoms with Crippen LogP contribution < -0.4 is 15.0 Å². The first-order valence-corrected chi connectivity index (χ1v) is 6.56. The molecule has 0 bridgehead atoms. The quantitative estimate of drug-likeness (QED) is 0.842. The van der Waals surface area contributed by atoms with Crippen molar-refractivity contribution in [2.24, 2.45) is 5.92 Å². The second-order valence-corrected chi connectivity index (χ2v) is 4.75. The molecule has 2 heterocycles. The molecule has 1 amide bonds. The third-order valence-corrected chi connectivity index (χ3v) is 3.63. The summed E-state index contributed by atoms with van der Waals surface area (Å²) in [6.45, 7) is 1.50. The fourth-order valence-corrected chi connectivity index (χ4v) is 2.51. The molecule has 1 saturated heterocycles. The summed E-state index contributed by atoms with van der Waals surface area (Å²) in [7, 11) is 3.22. The van der Waals surface area contributed by atoms with Crippen molar-refractivity contribution in [3.05, 3.63) is 11.5 Å². The van der Waals surface area contributed by atoms with Crippen LogP contribution in [0.2, 0.25) is 5.15 Å². The maximum atomic E-state index is 11.6. The number of methoxy groups -OCH3 is 1. The van der Waals surface area contributed by atoms with Gasteiger partial charge in [0.25, 0.3) is 0 Å². The van der Waals surface area contributed by atoms with Crippen LogP contribution >= 0.6 is 11.6 Å². The molecule has 0 aliphatic carbocycles. The molecule has 0 saturated carbocycles. The number of amides is 1. The summed E-state index contributed by atoms with van der Waals surface area (Å²) in [5.41, 5.74) is 0. The monoisotopic (exact) mass is 284 g/mol. The van der Waals surface area contributed by atoms with Gasteiger partial charge in [0, 0.05) is 26.1 Å². The summed E-state index contributed by atoms with van der Waals surface area (Å²) in [6.07, 6.45) is 3.01. The largest absolute Gasteiger partial charge is 0.490 e. The Morgan fingerprint density at radius 1 is 1.47 bits per heavy atom. The van der Waals surface area contributed by atoms with Gasteiger partial charge in [-0.3, -0.25) is 4.79 Å². The lowest BCUT2D eigenvalue weighted by molar-refractivity contribution is -0.125. The first-order chi connectivity index (χ1) is 9.17. The summed E-state index contributed by atoms with van der Waals surface area (Å²) < 4.78 is 5.25. The van der Waals surface area contributed by atoms with Crippen molar-refractivity contribution < 1.29 is 9.53 Å². The molecular formula is C12H17ClN4O2. The summed E-state index contributed by atoms with van der Waals surface area (Å²) >= 11 is 5.98. The number of carbonyl (C=O) groups is 1. The number of hydrogen-bond donors (Lipinski definition) is 1. The van der Waals surface area contributed by atoms with Crippen LogP contribution in [0.1, 0.15) is 12.8 Å². The van der Waals surface area contributed by atoms with E-state index in [1.54, 1.807) is 14.2 Å². The Balaban J connectivity index is 2.10. The number of nitrogens with zero attached hydrogens (tertiary/aromatic N) is 3. The lowest BCUT2D eigenvalue weighted by Gasteiger charge is -2.32. The Labute approximate surface area is 117 Å². The average molecular weight is 285 g/mol. The van der Waals surface area contributed by atoms with Gasteiger partial charge in [-0.15, -0.1) is 0 Å². The Hall–Kier alpha value is -1.56. The molecule has 0 atom stereocenters. The zero-order chi connectivity index (χ0) is 13.8. The molecule has 7 heteroatoms. The minimum atomic E-state index is 0.0737. The first-order valence-electron chi connectivity index (χ1n) is 6.18. The van der Waals surface area contributed by atoms with Crippen molar-refractivity contribution in [3.63, 3.8) is 0 Å². The number of aromatic nitrogens is 2. The highest BCUT2D eigenvalue weighted by molar-refractivity contribution is 6.31. The molecule has 0 aromatic carbocycles. The fourth-order valence-electron chi connectivity index (χ4n) is 2.30. The predicted octanol–water partition coefficient (Wildman–Crippen LogP) is 1.10. The maximum Gasteiger partial charge on any atom is 0.222 e. The van der Waals surface area contributed by atoms with Gasteiger partial charge in [0.1, 0.15) is 6.33 Å². The number of anilines is 1. The van der Waals surface area contributed by atoms with E-state index in [1.165, 1.54) is 6.33 Å². The zero-order valence-electron chi connectivity index (χ0n) is 11.0. The molecule has 19 heavy (non-hydrogen) atoms. The van der Waals surface area contributed by atoms with E-state index in [0.717, 1.165) is 25.9 Å². The summed E-state index contributed by atoms with van der Waals surface area (Å²) in [5.74, 6) is 1.36. The number of halogens is 1. The van der Waals surface area contributed by atoms with Crippen LogP contribution in [0.3, 0.4) is 0 Å². The second kappa shape index (κ2) is 6.06. The van der Waals surface area contributed by atoms with Crippen LogP contribution in [0, 0.1) is 5.92 Å². The second-order valence-electron chi connectivity index (χ2n) is 4.40. The van der Waals surface area contributed by atoms with Crippen molar-refractivity contribution >= 4 is 23.3 Å². The van der Waals surface area contributed by atoms with Crippen LogP contribution in [-0.4, -0.2) is 43.1 Å². The van der Waals surface area contributed by atoms with E-state index in [9.17, 15) is 4.79 Å². The number of carbonyl (C=O) groups excluding carboxylic acids is 1. The van der Waals surface area contributed by atoms with E-state index >= 15 is 0 Å². The molecule has 1 N–H and O–H groups in total. The van der Waals surface area contributed by atoms with Gasteiger partial charge in [-0.25, -0.2) is 9.97 Å². The lowest BCUT2D eigenvalue weighted by atomic mass is 9.96. The molecule has 2 rings (SSSR count). The minimum Gasteiger partial charge on any atom is -0.490 e. The van der Waals surface area contributed by atoms with Crippen LogP contribution in [0.5, 0.6) is 5.75 Å². The van der Waals surface area contributed by atoms with E-state index in [4.69, 9.17) is 16.3 Å². The highest BCUT2D eigenvalue weighted by atomic mass is 35.5. The van der Waals surface area contributed by atoms with Gasteiger partial charge < -0.3 is 15.0 Å². The van der Waals surface area contributed by atoms with Crippen LogP contribution in [0.4, 0.5) is 5.82 Å². The van der Waals surface area contributed by atoms with Crippen molar-refractivity contribution in [1.82, 2.24) is 15.3 Å². The average Bonchev–Trinajstić information content (AvgIpc) is 2.46. The molecule has 0 radical (unpaired) electrons. The standard InChI is InChI=1S/C12H17ClN4O2/c1-14-12(18)8-3-5-17(6-4-8)11-9(19-2)10(13)15-7-16-11/h7-8H,3-6H2,1-2H3,(H,14,18). The molecule has 104 valence electrons. The number of nitrogens with one attached hydrogen (secondary N) is 1. The van der Waals surface area contributed by atoms with Crippen molar-refractivity contribution in [1.29, 1.82) is 0 Å². The van der Waals surface area contributed by atoms with Gasteiger partial charge in [-0.1, -0.05) is 11.6 Å². The highest BCUT2D eigenvalue weighted by Gasteiger charge is 2.27. The zero-order valence-corrected chi connectivity index (χ0v) is 11.8. The van der Waals surface area contributed by atoms with Crippen molar-refractivity contribution in [2.75, 3.05) is 32.1 Å². The molecule has 1 aromatic rings. The number of ether oxygens (including phenoxy) is 1. The number of hydrogen-bond acceptors (Lipinski definition) is 5. The molecular weight excluding hydrogens is 268 g/mol. The fraction of sp³-hybridized carbons (Fsp3) is 0.583. The Morgan fingerprint density at radius 3 is 2.74 bits per heavy atom. The first kappa shape index (κ1) is 13.9. The SMILES string of the molecule is CNC(=O)C1CCN(c2ncnc(Cl)c2OC)CC1. The van der Waals surface area contributed by atoms with Crippen molar-refractivity contribution in [2.45, 2.75) is 12.8 Å². The maximum absolute atomic E-state index is 11.6. The van der Waals surface area contributed by atoms with E-state index in [0.29, 0.717) is 16.7 Å². The molecule has 1 aliphatic rings. The summed E-state index contributed by atoms with van der Waals surface area (Å²) in [4.78, 5) is 21.8. The molecule has 0 spiro atoms. The Bertz CT molecular complexity index is 461. The van der Waals surface area contributed by atoms with E-state index in [1.807, 2.05) is 0 Å². The van der Waals surface area contributed by atoms with Crippen LogP contribution in [-0.2, 0) is 4.79 Å². The van der Waals surface area contributed by atoms with Gasteiger partial charge in [-0.2, -0.15) is 0 Å². The van der Waals surface area contributed by atoms with Gasteiger partial charge in [-0.05, 0) is 12.8 Å². The number of rotatable bonds is 3. The van der Waals surface area contributed by atoms with Crippen LogP contribution in [0.25, 0.3) is 0 Å². The topological polar surface area (TPSA) is 67.4 Å². The van der Waals surface area contributed by atoms with Gasteiger partial charge >= 0.3 is 0 Å².